The minimum absolute atomic E-state index is 0.0566. The van der Waals surface area contributed by atoms with Crippen molar-refractivity contribution in [3.63, 3.8) is 0 Å². The van der Waals surface area contributed by atoms with E-state index in [0.717, 1.165) is 25.7 Å². The Morgan fingerprint density at radius 2 is 2.03 bits per heavy atom. The fourth-order valence-corrected chi connectivity index (χ4v) is 5.31. The number of nitrogens with zero attached hydrogens (tertiary/aromatic N) is 1. The molecule has 2 bridgehead atoms. The van der Waals surface area contributed by atoms with E-state index in [4.69, 9.17) is 14.6 Å². The van der Waals surface area contributed by atoms with Gasteiger partial charge in [0, 0.05) is 19.2 Å². The SMILES string of the molecule is CCOC(=O)[C@@H]1[C@H]2C(=O)N(CCCCCCO)[C@H](C(=O)NC(C)C)[C@]23CC[C@H]1O3. The van der Waals surface area contributed by atoms with Crippen LogP contribution >= 0.6 is 0 Å². The van der Waals surface area contributed by atoms with Gasteiger partial charge in [-0.05, 0) is 46.5 Å². The zero-order valence-corrected chi connectivity index (χ0v) is 17.7. The second kappa shape index (κ2) is 9.00. The van der Waals surface area contributed by atoms with E-state index in [1.807, 2.05) is 13.8 Å². The van der Waals surface area contributed by atoms with Gasteiger partial charge in [0.25, 0.3) is 0 Å². The van der Waals surface area contributed by atoms with Gasteiger partial charge in [0.05, 0.1) is 24.5 Å². The van der Waals surface area contributed by atoms with E-state index in [1.165, 1.54) is 0 Å². The molecule has 0 aliphatic carbocycles. The van der Waals surface area contributed by atoms with Gasteiger partial charge in [0.15, 0.2) is 0 Å². The summed E-state index contributed by atoms with van der Waals surface area (Å²) < 4.78 is 11.5. The molecule has 3 fully saturated rings. The van der Waals surface area contributed by atoms with Crippen molar-refractivity contribution in [3.05, 3.63) is 0 Å². The van der Waals surface area contributed by atoms with Crippen LogP contribution in [0.25, 0.3) is 0 Å². The number of fused-ring (bicyclic) bond motifs is 1. The molecule has 2 amide bonds. The molecular formula is C21H34N2O6. The zero-order chi connectivity index (χ0) is 21.2. The first kappa shape index (κ1) is 22.0. The first-order chi connectivity index (χ1) is 13.9. The smallest absolute Gasteiger partial charge is 0.312 e. The maximum Gasteiger partial charge on any atom is 0.312 e. The first-order valence-corrected chi connectivity index (χ1v) is 10.9. The monoisotopic (exact) mass is 410 g/mol. The molecule has 0 aromatic rings. The van der Waals surface area contributed by atoms with E-state index in [9.17, 15) is 14.4 Å². The summed E-state index contributed by atoms with van der Waals surface area (Å²) >= 11 is 0. The summed E-state index contributed by atoms with van der Waals surface area (Å²) in [5.74, 6) is -2.07. The van der Waals surface area contributed by atoms with Gasteiger partial charge in [-0.2, -0.15) is 0 Å². The van der Waals surface area contributed by atoms with Gasteiger partial charge in [-0.25, -0.2) is 0 Å². The van der Waals surface area contributed by atoms with Crippen LogP contribution in [-0.2, 0) is 23.9 Å². The number of likely N-dealkylation sites (tertiary alicyclic amines) is 1. The molecule has 3 aliphatic rings. The number of ether oxygens (including phenoxy) is 2. The molecule has 3 heterocycles. The van der Waals surface area contributed by atoms with Crippen LogP contribution in [0.4, 0.5) is 0 Å². The summed E-state index contributed by atoms with van der Waals surface area (Å²) in [4.78, 5) is 40.8. The van der Waals surface area contributed by atoms with Crippen molar-refractivity contribution in [3.8, 4) is 0 Å². The maximum absolute atomic E-state index is 13.4. The van der Waals surface area contributed by atoms with Crippen molar-refractivity contribution in [2.75, 3.05) is 19.8 Å². The molecule has 0 unspecified atom stereocenters. The van der Waals surface area contributed by atoms with Crippen LogP contribution in [0.2, 0.25) is 0 Å². The summed E-state index contributed by atoms with van der Waals surface area (Å²) in [6.07, 6.45) is 4.11. The number of aliphatic hydroxyl groups is 1. The van der Waals surface area contributed by atoms with E-state index >= 15 is 0 Å². The summed E-state index contributed by atoms with van der Waals surface area (Å²) in [5.41, 5.74) is -0.941. The van der Waals surface area contributed by atoms with Gasteiger partial charge in [0.2, 0.25) is 11.8 Å². The Kier molecular flexibility index (Phi) is 6.83. The fourth-order valence-electron chi connectivity index (χ4n) is 5.31. The van der Waals surface area contributed by atoms with Crippen molar-refractivity contribution in [1.29, 1.82) is 0 Å². The molecule has 3 saturated heterocycles. The quantitative estimate of drug-likeness (QED) is 0.411. The second-order valence-corrected chi connectivity index (χ2v) is 8.64. The van der Waals surface area contributed by atoms with E-state index in [0.29, 0.717) is 19.4 Å². The lowest BCUT2D eigenvalue weighted by Gasteiger charge is -2.33. The molecule has 3 rings (SSSR count). The lowest BCUT2D eigenvalue weighted by molar-refractivity contribution is -0.154. The van der Waals surface area contributed by atoms with Crippen molar-refractivity contribution in [2.45, 2.75) is 83.1 Å². The van der Waals surface area contributed by atoms with E-state index < -0.39 is 29.4 Å². The molecule has 3 aliphatic heterocycles. The number of esters is 1. The van der Waals surface area contributed by atoms with Gasteiger partial charge >= 0.3 is 5.97 Å². The lowest BCUT2D eigenvalue weighted by Crippen LogP contribution is -2.56. The predicted molar refractivity (Wildman–Crippen MR) is 105 cm³/mol. The highest BCUT2D eigenvalue weighted by molar-refractivity contribution is 5.98. The second-order valence-electron chi connectivity index (χ2n) is 8.64. The molecule has 164 valence electrons. The Labute approximate surface area is 172 Å². The normalized spacial score (nSPS) is 32.7. The number of unbranched alkanes of at least 4 members (excludes halogenated alkanes) is 3. The maximum atomic E-state index is 13.4. The van der Waals surface area contributed by atoms with Crippen LogP contribution in [-0.4, -0.2) is 71.3 Å². The van der Waals surface area contributed by atoms with Crippen molar-refractivity contribution in [1.82, 2.24) is 10.2 Å². The Morgan fingerprint density at radius 3 is 2.69 bits per heavy atom. The molecule has 29 heavy (non-hydrogen) atoms. The highest BCUT2D eigenvalue weighted by atomic mass is 16.6. The van der Waals surface area contributed by atoms with Crippen LogP contribution in [0.3, 0.4) is 0 Å². The lowest BCUT2D eigenvalue weighted by atomic mass is 9.70. The van der Waals surface area contributed by atoms with Gasteiger partial charge < -0.3 is 24.8 Å². The van der Waals surface area contributed by atoms with Gasteiger partial charge in [-0.1, -0.05) is 12.8 Å². The summed E-state index contributed by atoms with van der Waals surface area (Å²) in [7, 11) is 0. The third-order valence-corrected chi connectivity index (χ3v) is 6.35. The average molecular weight is 411 g/mol. The Bertz CT molecular complexity index is 639. The van der Waals surface area contributed by atoms with Crippen LogP contribution in [0, 0.1) is 11.8 Å². The van der Waals surface area contributed by atoms with E-state index in [-0.39, 0.29) is 37.2 Å². The molecule has 5 atom stereocenters. The summed E-state index contributed by atoms with van der Waals surface area (Å²) in [6, 6.07) is -0.774. The van der Waals surface area contributed by atoms with Gasteiger partial charge in [0.1, 0.15) is 11.6 Å². The Balaban J connectivity index is 1.85. The molecule has 0 saturated carbocycles. The molecule has 8 nitrogen and oxygen atoms in total. The predicted octanol–water partition coefficient (Wildman–Crippen LogP) is 1.00. The number of rotatable bonds is 10. The highest BCUT2D eigenvalue weighted by Gasteiger charge is 2.74. The minimum atomic E-state index is -0.941. The molecule has 8 heteroatoms. The third kappa shape index (κ3) is 3.89. The topological polar surface area (TPSA) is 105 Å². The molecule has 2 N–H and O–H groups in total. The van der Waals surface area contributed by atoms with Crippen molar-refractivity contribution < 1.29 is 29.0 Å². The molecular weight excluding hydrogens is 376 g/mol. The van der Waals surface area contributed by atoms with Gasteiger partial charge in [-0.15, -0.1) is 0 Å². The molecule has 1 spiro atoms. The van der Waals surface area contributed by atoms with Gasteiger partial charge in [-0.3, -0.25) is 14.4 Å². The summed E-state index contributed by atoms with van der Waals surface area (Å²) in [5, 5.41) is 11.9. The van der Waals surface area contributed by atoms with E-state index in [1.54, 1.807) is 11.8 Å². The van der Waals surface area contributed by atoms with Crippen LogP contribution < -0.4 is 5.32 Å². The van der Waals surface area contributed by atoms with Crippen LogP contribution in [0.15, 0.2) is 0 Å². The first-order valence-electron chi connectivity index (χ1n) is 10.9. The highest BCUT2D eigenvalue weighted by Crippen LogP contribution is 2.58. The number of aliphatic hydroxyl groups excluding tert-OH is 1. The van der Waals surface area contributed by atoms with Crippen LogP contribution in [0.1, 0.15) is 59.3 Å². The number of hydrogen-bond donors (Lipinski definition) is 2. The number of amides is 2. The largest absolute Gasteiger partial charge is 0.466 e. The zero-order valence-electron chi connectivity index (χ0n) is 17.7. The van der Waals surface area contributed by atoms with Crippen LogP contribution in [0.5, 0.6) is 0 Å². The Morgan fingerprint density at radius 1 is 1.31 bits per heavy atom. The fraction of sp³-hybridized carbons (Fsp3) is 0.857. The third-order valence-electron chi connectivity index (χ3n) is 6.35. The number of hydrogen-bond acceptors (Lipinski definition) is 6. The van der Waals surface area contributed by atoms with E-state index in [2.05, 4.69) is 5.32 Å². The standard InChI is InChI=1S/C21H34N2O6/c1-4-28-20(27)15-14-9-10-21(29-14)16(15)19(26)23(11-7-5-6-8-12-24)17(21)18(25)22-13(2)3/h13-17,24H,4-12H2,1-3H3,(H,22,25)/t14-,15+,16+,17-,21+/m1/s1. The number of nitrogens with one attached hydrogen (secondary N) is 1. The molecule has 0 aromatic heterocycles. The minimum Gasteiger partial charge on any atom is -0.466 e. The summed E-state index contributed by atoms with van der Waals surface area (Å²) in [6.45, 7) is 6.37. The molecule has 0 aromatic carbocycles. The Hall–Kier alpha value is -1.67. The average Bonchev–Trinajstić information content (AvgIpc) is 3.29. The van der Waals surface area contributed by atoms with Crippen molar-refractivity contribution >= 4 is 17.8 Å². The number of carbonyl (C=O) groups is 3. The molecule has 0 radical (unpaired) electrons. The number of carbonyl (C=O) groups excluding carboxylic acids is 3. The van der Waals surface area contributed by atoms with Crippen molar-refractivity contribution in [2.24, 2.45) is 11.8 Å².